The number of nitrogens with one attached hydrogen (secondary N) is 2. The van der Waals surface area contributed by atoms with Gasteiger partial charge in [-0.05, 0) is 49.9 Å². The summed E-state index contributed by atoms with van der Waals surface area (Å²) >= 11 is 7.55. The Bertz CT molecular complexity index is 600. The van der Waals surface area contributed by atoms with Crippen LogP contribution in [0, 0.1) is 5.92 Å². The fraction of sp³-hybridized carbons (Fsp3) is 0.600. The van der Waals surface area contributed by atoms with Crippen molar-refractivity contribution < 1.29 is 9.59 Å². The van der Waals surface area contributed by atoms with Crippen molar-refractivity contribution in [2.75, 3.05) is 25.4 Å². The van der Waals surface area contributed by atoms with Gasteiger partial charge in [-0.1, -0.05) is 25.4 Å². The molecule has 1 fully saturated rings. The number of urea groups is 1. The Morgan fingerprint density at radius 1 is 1.19 bits per heavy atom. The lowest BCUT2D eigenvalue weighted by Crippen LogP contribution is -2.50. The molecule has 1 aliphatic rings. The monoisotopic (exact) mass is 411 g/mol. The summed E-state index contributed by atoms with van der Waals surface area (Å²) in [5, 5.41) is 6.66. The van der Waals surface area contributed by atoms with Crippen molar-refractivity contribution >= 4 is 35.3 Å². The molecule has 1 aromatic rings. The minimum atomic E-state index is -0.128. The highest BCUT2D eigenvalue weighted by molar-refractivity contribution is 7.99. The van der Waals surface area contributed by atoms with Crippen LogP contribution in [0.2, 0.25) is 5.02 Å². The van der Waals surface area contributed by atoms with Gasteiger partial charge in [-0.3, -0.25) is 4.79 Å². The van der Waals surface area contributed by atoms with Crippen LogP contribution in [0.1, 0.15) is 39.5 Å². The average molecular weight is 412 g/mol. The van der Waals surface area contributed by atoms with Crippen LogP contribution in [0.4, 0.5) is 4.79 Å². The molecule has 7 heteroatoms. The van der Waals surface area contributed by atoms with Crippen LogP contribution < -0.4 is 10.6 Å². The van der Waals surface area contributed by atoms with Crippen LogP contribution >= 0.6 is 23.4 Å². The first kappa shape index (κ1) is 21.9. The molecule has 0 atom stereocenters. The Balaban J connectivity index is 1.61. The number of likely N-dealkylation sites (tertiary alicyclic amines) is 1. The third kappa shape index (κ3) is 7.26. The van der Waals surface area contributed by atoms with Crippen molar-refractivity contribution in [3.63, 3.8) is 0 Å². The Hall–Kier alpha value is -1.40. The molecule has 0 aromatic heterocycles. The van der Waals surface area contributed by atoms with Gasteiger partial charge in [-0.2, -0.15) is 0 Å². The predicted octanol–water partition coefficient (Wildman–Crippen LogP) is 4.16. The van der Waals surface area contributed by atoms with Crippen LogP contribution in [0.5, 0.6) is 0 Å². The van der Waals surface area contributed by atoms with Gasteiger partial charge in [0.05, 0.1) is 0 Å². The van der Waals surface area contributed by atoms with E-state index in [0.717, 1.165) is 54.4 Å². The molecule has 5 nitrogen and oxygen atoms in total. The number of hydrogen-bond donors (Lipinski definition) is 2. The van der Waals surface area contributed by atoms with Gasteiger partial charge in [0.2, 0.25) is 5.91 Å². The molecule has 150 valence electrons. The Labute approximate surface area is 171 Å². The third-order valence-electron chi connectivity index (χ3n) is 4.95. The summed E-state index contributed by atoms with van der Waals surface area (Å²) in [6, 6.07) is 7.69. The minimum absolute atomic E-state index is 0.128. The number of carbonyl (C=O) groups is 2. The molecule has 1 aliphatic heterocycles. The lowest BCUT2D eigenvalue weighted by molar-refractivity contribution is -0.136. The first-order chi connectivity index (χ1) is 13.0. The fourth-order valence-corrected chi connectivity index (χ4v) is 4.14. The topological polar surface area (TPSA) is 61.4 Å². The van der Waals surface area contributed by atoms with Gasteiger partial charge in [0.15, 0.2) is 0 Å². The van der Waals surface area contributed by atoms with Crippen LogP contribution in [-0.4, -0.2) is 48.3 Å². The summed E-state index contributed by atoms with van der Waals surface area (Å²) < 4.78 is 0. The molecule has 0 aliphatic carbocycles. The molecule has 0 bridgehead atoms. The maximum atomic E-state index is 12.4. The van der Waals surface area contributed by atoms with Crippen LogP contribution in [0.15, 0.2) is 29.2 Å². The quantitative estimate of drug-likeness (QED) is 0.498. The molecule has 1 aromatic carbocycles. The van der Waals surface area contributed by atoms with Crippen molar-refractivity contribution in [3.8, 4) is 0 Å². The molecule has 27 heavy (non-hydrogen) atoms. The van der Waals surface area contributed by atoms with Gasteiger partial charge < -0.3 is 15.5 Å². The van der Waals surface area contributed by atoms with Gasteiger partial charge >= 0.3 is 6.03 Å². The number of hydrogen-bond acceptors (Lipinski definition) is 3. The van der Waals surface area contributed by atoms with E-state index in [1.54, 1.807) is 11.8 Å². The second-order valence-corrected chi connectivity index (χ2v) is 8.42. The molecule has 0 unspecified atom stereocenters. The standard InChI is InChI=1S/C20H30ClN3O2S/c1-3-15(4-2)19(25)24-12-9-17(10-13-24)23-20(26)22-11-14-27-18-7-5-16(21)6-8-18/h5-8,15,17H,3-4,9-14H2,1-2H3,(H2,22,23,26). The summed E-state index contributed by atoms with van der Waals surface area (Å²) in [5.74, 6) is 1.20. The molecule has 2 N–H and O–H groups in total. The predicted molar refractivity (Wildman–Crippen MR) is 112 cm³/mol. The van der Waals surface area contributed by atoms with Gasteiger partial charge in [0.25, 0.3) is 0 Å². The first-order valence-corrected chi connectivity index (χ1v) is 11.1. The lowest BCUT2D eigenvalue weighted by atomic mass is 9.98. The first-order valence-electron chi connectivity index (χ1n) is 9.75. The minimum Gasteiger partial charge on any atom is -0.342 e. The lowest BCUT2D eigenvalue weighted by Gasteiger charge is -2.34. The van der Waals surface area contributed by atoms with E-state index in [-0.39, 0.29) is 23.9 Å². The summed E-state index contributed by atoms with van der Waals surface area (Å²) in [6.45, 7) is 6.19. The number of carbonyl (C=O) groups excluding carboxylic acids is 2. The average Bonchev–Trinajstić information content (AvgIpc) is 2.68. The summed E-state index contributed by atoms with van der Waals surface area (Å²) in [7, 11) is 0. The highest BCUT2D eigenvalue weighted by Crippen LogP contribution is 2.20. The summed E-state index contributed by atoms with van der Waals surface area (Å²) in [4.78, 5) is 27.6. The largest absolute Gasteiger partial charge is 0.342 e. The van der Waals surface area contributed by atoms with E-state index in [2.05, 4.69) is 24.5 Å². The van der Waals surface area contributed by atoms with E-state index in [9.17, 15) is 9.59 Å². The van der Waals surface area contributed by atoms with Crippen molar-refractivity contribution in [1.82, 2.24) is 15.5 Å². The summed E-state index contributed by atoms with van der Waals surface area (Å²) in [6.07, 6.45) is 3.42. The number of halogens is 1. The molecule has 0 radical (unpaired) electrons. The zero-order chi connectivity index (χ0) is 19.6. The molecule has 3 amide bonds. The van der Waals surface area contributed by atoms with Crippen LogP contribution in [0.25, 0.3) is 0 Å². The molecule has 0 saturated carbocycles. The number of thioether (sulfide) groups is 1. The summed E-state index contributed by atoms with van der Waals surface area (Å²) in [5.41, 5.74) is 0. The Morgan fingerprint density at radius 3 is 2.41 bits per heavy atom. The molecular formula is C20H30ClN3O2S. The van der Waals surface area contributed by atoms with E-state index in [4.69, 9.17) is 11.6 Å². The number of nitrogens with zero attached hydrogens (tertiary/aromatic N) is 1. The van der Waals surface area contributed by atoms with Crippen LogP contribution in [-0.2, 0) is 4.79 Å². The van der Waals surface area contributed by atoms with Crippen LogP contribution in [0.3, 0.4) is 0 Å². The molecular weight excluding hydrogens is 382 g/mol. The van der Waals surface area contributed by atoms with E-state index < -0.39 is 0 Å². The molecule has 2 rings (SSSR count). The maximum Gasteiger partial charge on any atom is 0.315 e. The second kappa shape index (κ2) is 11.4. The molecule has 0 spiro atoms. The third-order valence-corrected chi connectivity index (χ3v) is 6.21. The molecule has 1 heterocycles. The SMILES string of the molecule is CCC(CC)C(=O)N1CCC(NC(=O)NCCSc2ccc(Cl)cc2)CC1. The van der Waals surface area contributed by atoms with Gasteiger partial charge in [-0.15, -0.1) is 11.8 Å². The van der Waals surface area contributed by atoms with E-state index in [0.29, 0.717) is 6.54 Å². The smallest absolute Gasteiger partial charge is 0.315 e. The Morgan fingerprint density at radius 2 is 1.81 bits per heavy atom. The van der Waals surface area contributed by atoms with Crippen molar-refractivity contribution in [2.24, 2.45) is 5.92 Å². The second-order valence-electron chi connectivity index (χ2n) is 6.82. The van der Waals surface area contributed by atoms with Gasteiger partial charge in [0.1, 0.15) is 0 Å². The van der Waals surface area contributed by atoms with Crippen molar-refractivity contribution in [2.45, 2.75) is 50.5 Å². The van der Waals surface area contributed by atoms with Gasteiger partial charge in [-0.25, -0.2) is 4.79 Å². The zero-order valence-corrected chi connectivity index (χ0v) is 17.7. The number of benzene rings is 1. The number of amides is 3. The van der Waals surface area contributed by atoms with Crippen molar-refractivity contribution in [1.29, 1.82) is 0 Å². The van der Waals surface area contributed by atoms with Crippen molar-refractivity contribution in [3.05, 3.63) is 29.3 Å². The Kier molecular flexibility index (Phi) is 9.28. The molecule has 1 saturated heterocycles. The van der Waals surface area contributed by atoms with E-state index in [1.165, 1.54) is 0 Å². The highest BCUT2D eigenvalue weighted by Gasteiger charge is 2.27. The fourth-order valence-electron chi connectivity index (χ4n) is 3.24. The maximum absolute atomic E-state index is 12.4. The highest BCUT2D eigenvalue weighted by atomic mass is 35.5. The zero-order valence-electron chi connectivity index (χ0n) is 16.2. The normalized spacial score (nSPS) is 15.0. The van der Waals surface area contributed by atoms with Gasteiger partial charge in [0, 0.05) is 47.3 Å². The van der Waals surface area contributed by atoms with E-state index >= 15 is 0 Å². The number of piperidine rings is 1. The number of rotatable bonds is 8. The van der Waals surface area contributed by atoms with E-state index in [1.807, 2.05) is 29.2 Å².